The molecule has 1 atom stereocenters. The molecule has 1 N–H and O–H groups in total. The van der Waals surface area contributed by atoms with E-state index in [0.29, 0.717) is 19.6 Å². The molecule has 0 amide bonds. The van der Waals surface area contributed by atoms with Gasteiger partial charge in [0.1, 0.15) is 5.82 Å². The highest BCUT2D eigenvalue weighted by Gasteiger charge is 2.21. The normalized spacial score (nSPS) is 12.9. The van der Waals surface area contributed by atoms with Crippen LogP contribution >= 0.6 is 15.9 Å². The molecule has 1 unspecified atom stereocenters. The van der Waals surface area contributed by atoms with Gasteiger partial charge in [-0.15, -0.1) is 0 Å². The molecular weight excluding hydrogens is 313 g/mol. The van der Waals surface area contributed by atoms with Crippen molar-refractivity contribution in [1.29, 1.82) is 0 Å². The van der Waals surface area contributed by atoms with Gasteiger partial charge in [0.2, 0.25) is 0 Å². The molecule has 0 radical (unpaired) electrons. The Kier molecular flexibility index (Phi) is 7.53. The predicted molar refractivity (Wildman–Crippen MR) is 77.7 cm³/mol. The van der Waals surface area contributed by atoms with E-state index in [-0.39, 0.29) is 18.1 Å². The van der Waals surface area contributed by atoms with Crippen LogP contribution in [0.2, 0.25) is 0 Å². The van der Waals surface area contributed by atoms with E-state index in [2.05, 4.69) is 21.2 Å². The maximum atomic E-state index is 13.4. The summed E-state index contributed by atoms with van der Waals surface area (Å²) in [7, 11) is 1.85. The monoisotopic (exact) mass is 333 g/mol. The van der Waals surface area contributed by atoms with Crippen LogP contribution in [0.4, 0.5) is 4.39 Å². The van der Waals surface area contributed by atoms with Gasteiger partial charge in [-0.3, -0.25) is 0 Å². The van der Waals surface area contributed by atoms with Crippen LogP contribution in [0, 0.1) is 5.82 Å². The minimum absolute atomic E-state index is 0.0198. The lowest BCUT2D eigenvalue weighted by Gasteiger charge is -2.26. The number of hydrogen-bond donors (Lipinski definition) is 1. The second-order valence-electron chi connectivity index (χ2n) is 4.16. The molecule has 0 saturated heterocycles. The summed E-state index contributed by atoms with van der Waals surface area (Å²) in [6.45, 7) is 5.01. The molecule has 0 saturated carbocycles. The van der Waals surface area contributed by atoms with Crippen molar-refractivity contribution in [1.82, 2.24) is 5.32 Å². The summed E-state index contributed by atoms with van der Waals surface area (Å²) in [5, 5.41) is 3.17. The number of benzene rings is 1. The standard InChI is InChI=1S/C14H21BrFNO2/c1-4-18-14(19-5-2)13(17-3)8-10-6-11(15)9-12(16)7-10/h6-7,9,13-14,17H,4-5,8H2,1-3H3. The van der Waals surface area contributed by atoms with Crippen LogP contribution in [-0.4, -0.2) is 32.6 Å². The summed E-state index contributed by atoms with van der Waals surface area (Å²) in [6, 6.07) is 4.86. The van der Waals surface area contributed by atoms with Crippen molar-refractivity contribution in [2.75, 3.05) is 20.3 Å². The zero-order valence-electron chi connectivity index (χ0n) is 11.6. The minimum atomic E-state index is -0.331. The molecule has 0 spiro atoms. The molecule has 1 aromatic rings. The molecule has 0 aliphatic heterocycles. The number of rotatable bonds is 8. The zero-order valence-corrected chi connectivity index (χ0v) is 13.2. The molecule has 0 heterocycles. The van der Waals surface area contributed by atoms with Crippen LogP contribution in [0.5, 0.6) is 0 Å². The Morgan fingerprint density at radius 3 is 2.32 bits per heavy atom. The molecule has 1 rings (SSSR count). The van der Waals surface area contributed by atoms with Crippen molar-refractivity contribution in [2.24, 2.45) is 0 Å². The third-order valence-corrected chi connectivity index (χ3v) is 3.20. The molecule has 5 heteroatoms. The second kappa shape index (κ2) is 8.64. The van der Waals surface area contributed by atoms with Crippen molar-refractivity contribution in [2.45, 2.75) is 32.6 Å². The number of likely N-dealkylation sites (N-methyl/N-ethyl adjacent to an activating group) is 1. The average molecular weight is 334 g/mol. The van der Waals surface area contributed by atoms with Gasteiger partial charge in [-0.1, -0.05) is 15.9 Å². The Morgan fingerprint density at radius 2 is 1.84 bits per heavy atom. The van der Waals surface area contributed by atoms with Crippen molar-refractivity contribution < 1.29 is 13.9 Å². The summed E-state index contributed by atoms with van der Waals surface area (Å²) < 4.78 is 25.3. The van der Waals surface area contributed by atoms with Crippen molar-refractivity contribution in [3.63, 3.8) is 0 Å². The van der Waals surface area contributed by atoms with Crippen LogP contribution in [0.3, 0.4) is 0 Å². The molecule has 0 fully saturated rings. The molecule has 19 heavy (non-hydrogen) atoms. The first-order chi connectivity index (χ1) is 9.10. The molecule has 0 aliphatic rings. The molecule has 0 aliphatic carbocycles. The van der Waals surface area contributed by atoms with Crippen LogP contribution in [0.15, 0.2) is 22.7 Å². The number of nitrogens with one attached hydrogen (secondary N) is 1. The highest BCUT2D eigenvalue weighted by molar-refractivity contribution is 9.10. The van der Waals surface area contributed by atoms with Gasteiger partial charge < -0.3 is 14.8 Å². The Bertz CT molecular complexity index is 363. The quantitative estimate of drug-likeness (QED) is 0.741. The van der Waals surface area contributed by atoms with E-state index in [0.717, 1.165) is 10.0 Å². The van der Waals surface area contributed by atoms with Gasteiger partial charge in [0.15, 0.2) is 6.29 Å². The summed E-state index contributed by atoms with van der Waals surface area (Å²) in [5.41, 5.74) is 0.899. The fourth-order valence-electron chi connectivity index (χ4n) is 1.93. The highest BCUT2D eigenvalue weighted by Crippen LogP contribution is 2.17. The topological polar surface area (TPSA) is 30.5 Å². The molecule has 3 nitrogen and oxygen atoms in total. The highest BCUT2D eigenvalue weighted by atomic mass is 79.9. The van der Waals surface area contributed by atoms with E-state index in [9.17, 15) is 4.39 Å². The second-order valence-corrected chi connectivity index (χ2v) is 5.07. The van der Waals surface area contributed by atoms with Crippen LogP contribution in [0.25, 0.3) is 0 Å². The molecule has 1 aromatic carbocycles. The van der Waals surface area contributed by atoms with Gasteiger partial charge in [0, 0.05) is 17.7 Å². The smallest absolute Gasteiger partial charge is 0.172 e. The lowest BCUT2D eigenvalue weighted by molar-refractivity contribution is -0.152. The Labute approximate surface area is 122 Å². The molecule has 0 aromatic heterocycles. The van der Waals surface area contributed by atoms with Gasteiger partial charge in [-0.25, -0.2) is 4.39 Å². The fraction of sp³-hybridized carbons (Fsp3) is 0.571. The van der Waals surface area contributed by atoms with E-state index in [1.54, 1.807) is 0 Å². The average Bonchev–Trinajstić information content (AvgIpc) is 2.34. The molecular formula is C14H21BrFNO2. The summed E-state index contributed by atoms with van der Waals surface area (Å²) in [4.78, 5) is 0. The van der Waals surface area contributed by atoms with E-state index < -0.39 is 0 Å². The number of ether oxygens (including phenoxy) is 2. The van der Waals surface area contributed by atoms with Crippen molar-refractivity contribution in [3.05, 3.63) is 34.1 Å². The van der Waals surface area contributed by atoms with Crippen molar-refractivity contribution >= 4 is 15.9 Å². The third-order valence-electron chi connectivity index (χ3n) is 2.74. The first kappa shape index (κ1) is 16.6. The summed E-state index contributed by atoms with van der Waals surface area (Å²) >= 11 is 3.30. The zero-order chi connectivity index (χ0) is 14.3. The Balaban J connectivity index is 2.78. The Hall–Kier alpha value is -0.490. The largest absolute Gasteiger partial charge is 0.351 e. The van der Waals surface area contributed by atoms with Crippen LogP contribution in [0.1, 0.15) is 19.4 Å². The lowest BCUT2D eigenvalue weighted by atomic mass is 10.1. The molecule has 0 bridgehead atoms. The van der Waals surface area contributed by atoms with Gasteiger partial charge in [-0.2, -0.15) is 0 Å². The van der Waals surface area contributed by atoms with Crippen LogP contribution < -0.4 is 5.32 Å². The van der Waals surface area contributed by atoms with Gasteiger partial charge in [0.25, 0.3) is 0 Å². The number of halogens is 2. The van der Waals surface area contributed by atoms with Gasteiger partial charge in [0.05, 0.1) is 6.04 Å². The SMILES string of the molecule is CCOC(OCC)C(Cc1cc(F)cc(Br)c1)NC. The number of hydrogen-bond acceptors (Lipinski definition) is 3. The first-order valence-electron chi connectivity index (χ1n) is 6.46. The van der Waals surface area contributed by atoms with E-state index in [1.807, 2.05) is 27.0 Å². The summed E-state index contributed by atoms with van der Waals surface area (Å²) in [5.74, 6) is -0.247. The first-order valence-corrected chi connectivity index (χ1v) is 7.25. The predicted octanol–water partition coefficient (Wildman–Crippen LogP) is 3.12. The maximum Gasteiger partial charge on any atom is 0.172 e. The van der Waals surface area contributed by atoms with Crippen LogP contribution in [-0.2, 0) is 15.9 Å². The van der Waals surface area contributed by atoms with Crippen molar-refractivity contribution in [3.8, 4) is 0 Å². The minimum Gasteiger partial charge on any atom is -0.351 e. The van der Waals surface area contributed by atoms with E-state index in [4.69, 9.17) is 9.47 Å². The Morgan fingerprint density at radius 1 is 1.21 bits per heavy atom. The van der Waals surface area contributed by atoms with Gasteiger partial charge in [-0.05, 0) is 51.1 Å². The van der Waals surface area contributed by atoms with E-state index >= 15 is 0 Å². The maximum absolute atomic E-state index is 13.4. The third kappa shape index (κ3) is 5.57. The molecule has 108 valence electrons. The van der Waals surface area contributed by atoms with E-state index in [1.165, 1.54) is 12.1 Å². The lowest BCUT2D eigenvalue weighted by Crippen LogP contribution is -2.43. The van der Waals surface area contributed by atoms with Gasteiger partial charge >= 0.3 is 0 Å². The summed E-state index contributed by atoms with van der Waals surface area (Å²) in [6.07, 6.45) is 0.305. The fourth-order valence-corrected chi connectivity index (χ4v) is 2.44.